The van der Waals surface area contributed by atoms with Crippen molar-refractivity contribution in [2.45, 2.75) is 13.5 Å². The van der Waals surface area contributed by atoms with E-state index in [4.69, 9.17) is 0 Å². The number of hydrogen-bond donors (Lipinski definition) is 0. The molecule has 130 valence electrons. The summed E-state index contributed by atoms with van der Waals surface area (Å²) in [6.45, 7) is 6.52. The third-order valence-corrected chi connectivity index (χ3v) is 4.42. The van der Waals surface area contributed by atoms with Crippen LogP contribution in [0.4, 0.5) is 5.82 Å². The SMILES string of the molecule is Cc1nc(N2CCN(Cc3ncnn3C)CC2)cc(-n2cccn2)n1. The second-order valence-corrected chi connectivity index (χ2v) is 6.15. The summed E-state index contributed by atoms with van der Waals surface area (Å²) in [5, 5.41) is 8.39. The van der Waals surface area contributed by atoms with Gasteiger partial charge in [-0.05, 0) is 13.0 Å². The van der Waals surface area contributed by atoms with E-state index in [2.05, 4.69) is 34.9 Å². The first-order chi connectivity index (χ1) is 12.2. The second kappa shape index (κ2) is 6.60. The van der Waals surface area contributed by atoms with Crippen molar-refractivity contribution in [3.63, 3.8) is 0 Å². The molecule has 0 bridgehead atoms. The topological polar surface area (TPSA) is 80.8 Å². The summed E-state index contributed by atoms with van der Waals surface area (Å²) in [5.74, 6) is 3.50. The molecular formula is C16H21N9. The average Bonchev–Trinajstić information content (AvgIpc) is 3.28. The normalized spacial score (nSPS) is 15.7. The van der Waals surface area contributed by atoms with Crippen LogP contribution in [0.1, 0.15) is 11.6 Å². The van der Waals surface area contributed by atoms with Crippen LogP contribution in [-0.2, 0) is 13.6 Å². The minimum Gasteiger partial charge on any atom is -0.354 e. The number of anilines is 1. The molecule has 3 aromatic rings. The fourth-order valence-electron chi connectivity index (χ4n) is 3.02. The maximum absolute atomic E-state index is 4.61. The first-order valence-corrected chi connectivity index (χ1v) is 8.35. The molecular weight excluding hydrogens is 318 g/mol. The van der Waals surface area contributed by atoms with Gasteiger partial charge in [0.25, 0.3) is 0 Å². The van der Waals surface area contributed by atoms with Crippen molar-refractivity contribution < 1.29 is 0 Å². The Morgan fingerprint density at radius 2 is 1.84 bits per heavy atom. The second-order valence-electron chi connectivity index (χ2n) is 6.15. The lowest BCUT2D eigenvalue weighted by Crippen LogP contribution is -2.46. The Morgan fingerprint density at radius 3 is 2.52 bits per heavy atom. The van der Waals surface area contributed by atoms with E-state index in [1.165, 1.54) is 0 Å². The molecule has 1 aliphatic heterocycles. The summed E-state index contributed by atoms with van der Waals surface area (Å²) < 4.78 is 3.60. The fourth-order valence-corrected chi connectivity index (χ4v) is 3.02. The van der Waals surface area contributed by atoms with E-state index in [9.17, 15) is 0 Å². The van der Waals surface area contributed by atoms with Crippen LogP contribution in [0.2, 0.25) is 0 Å². The number of piperazine rings is 1. The average molecular weight is 339 g/mol. The summed E-state index contributed by atoms with van der Waals surface area (Å²) in [7, 11) is 1.93. The molecule has 4 heterocycles. The zero-order chi connectivity index (χ0) is 17.2. The Bertz CT molecular complexity index is 831. The molecule has 0 atom stereocenters. The summed E-state index contributed by atoms with van der Waals surface area (Å²) >= 11 is 0. The highest BCUT2D eigenvalue weighted by Gasteiger charge is 2.20. The van der Waals surface area contributed by atoms with Crippen LogP contribution in [0.5, 0.6) is 0 Å². The molecule has 0 aromatic carbocycles. The van der Waals surface area contributed by atoms with Crippen LogP contribution in [0.25, 0.3) is 5.82 Å². The van der Waals surface area contributed by atoms with Crippen molar-refractivity contribution in [1.29, 1.82) is 0 Å². The fraction of sp³-hybridized carbons (Fsp3) is 0.438. The van der Waals surface area contributed by atoms with Gasteiger partial charge in [0.05, 0.1) is 6.54 Å². The van der Waals surface area contributed by atoms with Gasteiger partial charge in [-0.3, -0.25) is 9.58 Å². The number of aryl methyl sites for hydroxylation is 2. The van der Waals surface area contributed by atoms with Crippen molar-refractivity contribution >= 4 is 5.82 Å². The van der Waals surface area contributed by atoms with Crippen molar-refractivity contribution in [2.24, 2.45) is 7.05 Å². The molecule has 0 spiro atoms. The smallest absolute Gasteiger partial charge is 0.159 e. The number of rotatable bonds is 4. The zero-order valence-electron chi connectivity index (χ0n) is 14.4. The zero-order valence-corrected chi connectivity index (χ0v) is 14.4. The molecule has 25 heavy (non-hydrogen) atoms. The highest BCUT2D eigenvalue weighted by atomic mass is 15.4. The van der Waals surface area contributed by atoms with Gasteiger partial charge < -0.3 is 4.90 Å². The van der Waals surface area contributed by atoms with E-state index in [1.807, 2.05) is 37.0 Å². The molecule has 0 amide bonds. The number of aromatic nitrogens is 7. The lowest BCUT2D eigenvalue weighted by molar-refractivity contribution is 0.240. The number of nitrogens with zero attached hydrogens (tertiary/aromatic N) is 9. The Labute approximate surface area is 145 Å². The molecule has 3 aromatic heterocycles. The van der Waals surface area contributed by atoms with E-state index in [-0.39, 0.29) is 0 Å². The van der Waals surface area contributed by atoms with Gasteiger partial charge in [-0.25, -0.2) is 19.6 Å². The van der Waals surface area contributed by atoms with Gasteiger partial charge in [-0.1, -0.05) is 0 Å². The molecule has 0 aliphatic carbocycles. The molecule has 1 saturated heterocycles. The molecule has 9 nitrogen and oxygen atoms in total. The quantitative estimate of drug-likeness (QED) is 0.681. The van der Waals surface area contributed by atoms with Crippen molar-refractivity contribution in [1.82, 2.24) is 39.4 Å². The third-order valence-electron chi connectivity index (χ3n) is 4.42. The van der Waals surface area contributed by atoms with E-state index < -0.39 is 0 Å². The molecule has 0 radical (unpaired) electrons. The van der Waals surface area contributed by atoms with E-state index in [1.54, 1.807) is 17.2 Å². The maximum Gasteiger partial charge on any atom is 0.159 e. The van der Waals surface area contributed by atoms with E-state index in [0.717, 1.165) is 56.0 Å². The number of hydrogen-bond acceptors (Lipinski definition) is 7. The molecule has 4 rings (SSSR count). The Kier molecular flexibility index (Phi) is 4.14. The Morgan fingerprint density at radius 1 is 1.04 bits per heavy atom. The van der Waals surface area contributed by atoms with Crippen LogP contribution < -0.4 is 4.90 Å². The summed E-state index contributed by atoms with van der Waals surface area (Å²) in [4.78, 5) is 18.1. The van der Waals surface area contributed by atoms with E-state index in [0.29, 0.717) is 0 Å². The summed E-state index contributed by atoms with van der Waals surface area (Å²) in [6.07, 6.45) is 5.25. The molecule has 1 aliphatic rings. The monoisotopic (exact) mass is 339 g/mol. The molecule has 1 fully saturated rings. The minimum absolute atomic E-state index is 0.754. The molecule has 0 saturated carbocycles. The van der Waals surface area contributed by atoms with Gasteiger partial charge in [0.15, 0.2) is 5.82 Å². The highest BCUT2D eigenvalue weighted by Crippen LogP contribution is 2.17. The Balaban J connectivity index is 1.45. The van der Waals surface area contributed by atoms with Crippen LogP contribution in [-0.4, -0.2) is 65.6 Å². The van der Waals surface area contributed by atoms with Gasteiger partial charge in [-0.2, -0.15) is 10.2 Å². The van der Waals surface area contributed by atoms with Crippen molar-refractivity contribution in [3.05, 3.63) is 42.5 Å². The first kappa shape index (κ1) is 15.7. The predicted octanol–water partition coefficient (Wildman–Crippen LogP) is 0.421. The van der Waals surface area contributed by atoms with Gasteiger partial charge in [0.1, 0.15) is 23.8 Å². The van der Waals surface area contributed by atoms with Crippen molar-refractivity contribution in [2.75, 3.05) is 31.1 Å². The van der Waals surface area contributed by atoms with Gasteiger partial charge in [0, 0.05) is 51.7 Å². The molecule has 0 unspecified atom stereocenters. The maximum atomic E-state index is 4.61. The third kappa shape index (κ3) is 3.36. The van der Waals surface area contributed by atoms with Crippen LogP contribution >= 0.6 is 0 Å². The predicted molar refractivity (Wildman–Crippen MR) is 92.4 cm³/mol. The van der Waals surface area contributed by atoms with E-state index >= 15 is 0 Å². The minimum atomic E-state index is 0.754. The lowest BCUT2D eigenvalue weighted by Gasteiger charge is -2.35. The van der Waals surface area contributed by atoms with Crippen LogP contribution in [0.15, 0.2) is 30.9 Å². The first-order valence-electron chi connectivity index (χ1n) is 8.35. The lowest BCUT2D eigenvalue weighted by atomic mass is 10.3. The van der Waals surface area contributed by atoms with Gasteiger partial charge in [-0.15, -0.1) is 0 Å². The summed E-state index contributed by atoms with van der Waals surface area (Å²) in [6, 6.07) is 3.89. The van der Waals surface area contributed by atoms with Crippen molar-refractivity contribution in [3.8, 4) is 5.82 Å². The van der Waals surface area contributed by atoms with Crippen LogP contribution in [0.3, 0.4) is 0 Å². The van der Waals surface area contributed by atoms with Gasteiger partial charge >= 0.3 is 0 Å². The Hall–Kier alpha value is -2.81. The highest BCUT2D eigenvalue weighted by molar-refractivity contribution is 5.44. The summed E-state index contributed by atoms with van der Waals surface area (Å²) in [5.41, 5.74) is 0. The molecule has 0 N–H and O–H groups in total. The largest absolute Gasteiger partial charge is 0.354 e. The molecule has 9 heteroatoms. The van der Waals surface area contributed by atoms with Crippen LogP contribution in [0, 0.1) is 6.92 Å². The standard InChI is InChI=1S/C16H21N9/c1-13-20-14(10-15(21-13)25-5-3-4-18-25)24-8-6-23(7-9-24)11-16-17-12-19-22(16)2/h3-5,10,12H,6-9,11H2,1-2H3. The van der Waals surface area contributed by atoms with Gasteiger partial charge in [0.2, 0.25) is 0 Å².